The van der Waals surface area contributed by atoms with E-state index in [0.29, 0.717) is 11.7 Å². The predicted octanol–water partition coefficient (Wildman–Crippen LogP) is 4.89. The molecule has 94 valence electrons. The molecule has 0 atom stereocenters. The second-order valence-electron chi connectivity index (χ2n) is 5.42. The van der Waals surface area contributed by atoms with Gasteiger partial charge in [-0.25, -0.2) is 0 Å². The highest BCUT2D eigenvalue weighted by atomic mass is 16.1. The SMILES string of the molecule is CC(=O)C1CCCCCCCCCCCC1. The zero-order valence-electron chi connectivity index (χ0n) is 11.0. The lowest BCUT2D eigenvalue weighted by atomic mass is 9.92. The van der Waals surface area contributed by atoms with Crippen LogP contribution in [0.1, 0.15) is 84.0 Å². The molecule has 0 saturated heterocycles. The zero-order chi connectivity index (χ0) is 11.6. The summed E-state index contributed by atoms with van der Waals surface area (Å²) in [4.78, 5) is 11.5. The molecule has 1 aliphatic rings. The Kier molecular flexibility index (Phi) is 7.54. The molecule has 0 aromatic heterocycles. The molecule has 0 heterocycles. The minimum absolute atomic E-state index is 0.376. The average molecular weight is 224 g/mol. The van der Waals surface area contributed by atoms with Crippen LogP contribution in [0.4, 0.5) is 0 Å². The minimum atomic E-state index is 0.376. The molecule has 0 aliphatic heterocycles. The fourth-order valence-electron chi connectivity index (χ4n) is 2.75. The van der Waals surface area contributed by atoms with Crippen LogP contribution in [-0.4, -0.2) is 5.78 Å². The van der Waals surface area contributed by atoms with Crippen molar-refractivity contribution in [2.45, 2.75) is 84.0 Å². The van der Waals surface area contributed by atoms with Crippen LogP contribution >= 0.6 is 0 Å². The molecular weight excluding hydrogens is 196 g/mol. The van der Waals surface area contributed by atoms with Gasteiger partial charge < -0.3 is 0 Å². The van der Waals surface area contributed by atoms with Gasteiger partial charge in [0.15, 0.2) is 0 Å². The molecule has 1 fully saturated rings. The number of Topliss-reactive ketones (excluding diaryl/α,β-unsaturated/α-hetero) is 1. The first-order valence-electron chi connectivity index (χ1n) is 7.31. The van der Waals surface area contributed by atoms with Crippen LogP contribution in [0, 0.1) is 5.92 Å². The number of carbonyl (C=O) groups is 1. The Morgan fingerprint density at radius 3 is 1.31 bits per heavy atom. The van der Waals surface area contributed by atoms with Gasteiger partial charge in [0, 0.05) is 5.92 Å². The molecule has 1 rings (SSSR count). The Morgan fingerprint density at radius 2 is 1.00 bits per heavy atom. The van der Waals surface area contributed by atoms with Crippen LogP contribution in [0.25, 0.3) is 0 Å². The largest absolute Gasteiger partial charge is 0.300 e. The second-order valence-corrected chi connectivity index (χ2v) is 5.42. The molecule has 1 nitrogen and oxygen atoms in total. The maximum Gasteiger partial charge on any atom is 0.132 e. The van der Waals surface area contributed by atoms with Gasteiger partial charge in [-0.3, -0.25) is 4.79 Å². The van der Waals surface area contributed by atoms with Gasteiger partial charge in [-0.1, -0.05) is 64.2 Å². The molecule has 1 aliphatic carbocycles. The summed E-state index contributed by atoms with van der Waals surface area (Å²) in [6.07, 6.45) is 15.9. The second kappa shape index (κ2) is 8.78. The summed E-state index contributed by atoms with van der Waals surface area (Å²) < 4.78 is 0. The van der Waals surface area contributed by atoms with Crippen molar-refractivity contribution in [1.82, 2.24) is 0 Å². The van der Waals surface area contributed by atoms with E-state index in [2.05, 4.69) is 0 Å². The summed E-state index contributed by atoms with van der Waals surface area (Å²) in [7, 11) is 0. The lowest BCUT2D eigenvalue weighted by molar-refractivity contribution is -0.121. The fourth-order valence-corrected chi connectivity index (χ4v) is 2.75. The molecule has 0 radical (unpaired) electrons. The van der Waals surface area contributed by atoms with E-state index in [-0.39, 0.29) is 0 Å². The number of ketones is 1. The van der Waals surface area contributed by atoms with Crippen molar-refractivity contribution in [2.24, 2.45) is 5.92 Å². The summed E-state index contributed by atoms with van der Waals surface area (Å²) >= 11 is 0. The summed E-state index contributed by atoms with van der Waals surface area (Å²) in [5, 5.41) is 0. The highest BCUT2D eigenvalue weighted by molar-refractivity contribution is 5.78. The first kappa shape index (κ1) is 13.7. The molecule has 0 unspecified atom stereocenters. The first-order valence-corrected chi connectivity index (χ1v) is 7.31. The third kappa shape index (κ3) is 6.30. The molecular formula is C15H28O. The van der Waals surface area contributed by atoms with Gasteiger partial charge in [0.1, 0.15) is 5.78 Å². The van der Waals surface area contributed by atoms with Crippen molar-refractivity contribution >= 4 is 5.78 Å². The molecule has 0 bridgehead atoms. The number of carbonyl (C=O) groups excluding carboxylic acids is 1. The molecule has 0 aromatic carbocycles. The Morgan fingerprint density at radius 1 is 0.688 bits per heavy atom. The molecule has 16 heavy (non-hydrogen) atoms. The minimum Gasteiger partial charge on any atom is -0.300 e. The third-order valence-electron chi connectivity index (χ3n) is 3.93. The summed E-state index contributed by atoms with van der Waals surface area (Å²) in [6, 6.07) is 0. The Labute approximate surface area is 101 Å². The van der Waals surface area contributed by atoms with Gasteiger partial charge in [0.05, 0.1) is 0 Å². The van der Waals surface area contributed by atoms with Gasteiger partial charge in [-0.05, 0) is 19.8 Å². The van der Waals surface area contributed by atoms with Gasteiger partial charge >= 0.3 is 0 Å². The van der Waals surface area contributed by atoms with Crippen LogP contribution in [0.5, 0.6) is 0 Å². The van der Waals surface area contributed by atoms with Crippen molar-refractivity contribution in [1.29, 1.82) is 0 Å². The van der Waals surface area contributed by atoms with E-state index in [1.807, 2.05) is 0 Å². The van der Waals surface area contributed by atoms with E-state index < -0.39 is 0 Å². The third-order valence-corrected chi connectivity index (χ3v) is 3.93. The van der Waals surface area contributed by atoms with E-state index in [1.165, 1.54) is 64.2 Å². The van der Waals surface area contributed by atoms with Crippen LogP contribution < -0.4 is 0 Å². The molecule has 0 spiro atoms. The van der Waals surface area contributed by atoms with Crippen LogP contribution in [0.15, 0.2) is 0 Å². The van der Waals surface area contributed by atoms with Crippen LogP contribution in [0.2, 0.25) is 0 Å². The Bertz CT molecular complexity index is 172. The van der Waals surface area contributed by atoms with Crippen molar-refractivity contribution in [3.8, 4) is 0 Å². The monoisotopic (exact) mass is 224 g/mol. The Hall–Kier alpha value is -0.330. The normalized spacial score (nSPS) is 22.8. The fraction of sp³-hybridized carbons (Fsp3) is 0.933. The topological polar surface area (TPSA) is 17.1 Å². The molecule has 0 aromatic rings. The molecule has 1 saturated carbocycles. The molecule has 0 amide bonds. The van der Waals surface area contributed by atoms with Crippen molar-refractivity contribution < 1.29 is 4.79 Å². The Balaban J connectivity index is 2.29. The molecule has 1 heteroatoms. The van der Waals surface area contributed by atoms with Crippen molar-refractivity contribution in [3.05, 3.63) is 0 Å². The molecule has 0 N–H and O–H groups in total. The predicted molar refractivity (Wildman–Crippen MR) is 69.6 cm³/mol. The lowest BCUT2D eigenvalue weighted by Crippen LogP contribution is -2.10. The van der Waals surface area contributed by atoms with Crippen LogP contribution in [-0.2, 0) is 4.79 Å². The van der Waals surface area contributed by atoms with E-state index in [4.69, 9.17) is 0 Å². The van der Waals surface area contributed by atoms with Gasteiger partial charge in [-0.15, -0.1) is 0 Å². The van der Waals surface area contributed by atoms with Crippen LogP contribution in [0.3, 0.4) is 0 Å². The number of rotatable bonds is 1. The average Bonchev–Trinajstić information content (AvgIpc) is 2.28. The van der Waals surface area contributed by atoms with Crippen molar-refractivity contribution in [2.75, 3.05) is 0 Å². The smallest absolute Gasteiger partial charge is 0.132 e. The maximum atomic E-state index is 11.5. The van der Waals surface area contributed by atoms with Crippen molar-refractivity contribution in [3.63, 3.8) is 0 Å². The van der Waals surface area contributed by atoms with E-state index in [0.717, 1.165) is 12.8 Å². The quantitative estimate of drug-likeness (QED) is 0.620. The van der Waals surface area contributed by atoms with E-state index >= 15 is 0 Å². The summed E-state index contributed by atoms with van der Waals surface area (Å²) in [5.74, 6) is 0.802. The maximum absolute atomic E-state index is 11.5. The van der Waals surface area contributed by atoms with E-state index in [9.17, 15) is 4.79 Å². The zero-order valence-corrected chi connectivity index (χ0v) is 11.0. The van der Waals surface area contributed by atoms with Gasteiger partial charge in [0.25, 0.3) is 0 Å². The summed E-state index contributed by atoms with van der Waals surface area (Å²) in [5.41, 5.74) is 0. The standard InChI is InChI=1S/C15H28O/c1-14(16)15-12-10-8-6-4-2-3-5-7-9-11-13-15/h15H,2-13H2,1H3. The van der Waals surface area contributed by atoms with Gasteiger partial charge in [0.2, 0.25) is 0 Å². The summed E-state index contributed by atoms with van der Waals surface area (Å²) in [6.45, 7) is 1.78. The first-order chi connectivity index (χ1) is 7.80. The van der Waals surface area contributed by atoms with E-state index in [1.54, 1.807) is 6.92 Å². The highest BCUT2D eigenvalue weighted by Gasteiger charge is 2.13. The van der Waals surface area contributed by atoms with Gasteiger partial charge in [-0.2, -0.15) is 0 Å². The lowest BCUT2D eigenvalue weighted by Gasteiger charge is -2.13. The number of hydrogen-bond acceptors (Lipinski definition) is 1. The number of hydrogen-bond donors (Lipinski definition) is 0. The highest BCUT2D eigenvalue weighted by Crippen LogP contribution is 2.21.